The zero-order valence-corrected chi connectivity index (χ0v) is 14.3. The highest BCUT2D eigenvalue weighted by atomic mass is 16.6. The van der Waals surface area contributed by atoms with E-state index in [2.05, 4.69) is 30.3 Å². The van der Waals surface area contributed by atoms with Crippen molar-refractivity contribution in [3.63, 3.8) is 0 Å². The Labute approximate surface area is 142 Å². The highest BCUT2D eigenvalue weighted by Crippen LogP contribution is 2.29. The van der Waals surface area contributed by atoms with Gasteiger partial charge in [0.2, 0.25) is 0 Å². The first-order valence-electron chi connectivity index (χ1n) is 8.13. The van der Waals surface area contributed by atoms with Crippen LogP contribution in [0.15, 0.2) is 54.6 Å². The molecule has 124 valence electrons. The molecule has 3 aromatic carbocycles. The molecule has 0 aromatic heterocycles. The highest BCUT2D eigenvalue weighted by Gasteiger charge is 2.16. The largest absolute Gasteiger partial charge is 0.458 e. The Morgan fingerprint density at radius 3 is 2.00 bits per heavy atom. The normalized spacial score (nSPS) is 11.8. The molecular weight excluding hydrogens is 300 g/mol. The molecule has 0 fully saturated rings. The minimum Gasteiger partial charge on any atom is -0.458 e. The van der Waals surface area contributed by atoms with Crippen molar-refractivity contribution in [3.05, 3.63) is 60.2 Å². The SMILES string of the molecule is CC(C)(C)OC(=O)COCc1c2ccccc2cc2ccccc12. The van der Waals surface area contributed by atoms with Gasteiger partial charge in [0.1, 0.15) is 12.2 Å². The summed E-state index contributed by atoms with van der Waals surface area (Å²) in [6, 6.07) is 18.7. The average molecular weight is 322 g/mol. The standard InChI is InChI=1S/C21H22O3/c1-21(2,3)24-20(22)14-23-13-19-17-10-6-4-8-15(17)12-16-9-5-7-11-18(16)19/h4-12H,13-14H2,1-3H3. The molecule has 3 heteroatoms. The number of carbonyl (C=O) groups excluding carboxylic acids is 1. The maximum Gasteiger partial charge on any atom is 0.332 e. The van der Waals surface area contributed by atoms with Gasteiger partial charge in [0.25, 0.3) is 0 Å². The summed E-state index contributed by atoms with van der Waals surface area (Å²) in [7, 11) is 0. The number of benzene rings is 3. The summed E-state index contributed by atoms with van der Waals surface area (Å²) in [5.74, 6) is -0.341. The first-order valence-corrected chi connectivity index (χ1v) is 8.13. The maximum absolute atomic E-state index is 11.8. The van der Waals surface area contributed by atoms with Gasteiger partial charge in [0.05, 0.1) is 6.61 Å². The molecule has 0 aliphatic carbocycles. The molecule has 0 radical (unpaired) electrons. The minimum absolute atomic E-state index is 0.0468. The van der Waals surface area contributed by atoms with Crippen LogP contribution in [0.4, 0.5) is 0 Å². The summed E-state index contributed by atoms with van der Waals surface area (Å²) in [5, 5.41) is 4.65. The second kappa shape index (κ2) is 6.62. The third-order valence-corrected chi connectivity index (χ3v) is 3.77. The molecule has 0 bridgehead atoms. The van der Waals surface area contributed by atoms with Crippen LogP contribution in [-0.2, 0) is 20.9 Å². The summed E-state index contributed by atoms with van der Waals surface area (Å²) < 4.78 is 11.0. The molecule has 24 heavy (non-hydrogen) atoms. The van der Waals surface area contributed by atoms with Crippen molar-refractivity contribution in [1.82, 2.24) is 0 Å². The molecule has 0 saturated carbocycles. The van der Waals surface area contributed by atoms with Crippen LogP contribution in [-0.4, -0.2) is 18.2 Å². The first kappa shape index (κ1) is 16.5. The van der Waals surface area contributed by atoms with E-state index >= 15 is 0 Å². The van der Waals surface area contributed by atoms with Crippen molar-refractivity contribution in [2.45, 2.75) is 33.0 Å². The molecule has 3 aromatic rings. The van der Waals surface area contributed by atoms with E-state index < -0.39 is 5.60 Å². The zero-order chi connectivity index (χ0) is 17.2. The maximum atomic E-state index is 11.8. The van der Waals surface area contributed by atoms with Gasteiger partial charge in [0, 0.05) is 0 Å². The van der Waals surface area contributed by atoms with Gasteiger partial charge in [-0.25, -0.2) is 4.79 Å². The molecule has 3 rings (SSSR count). The number of fused-ring (bicyclic) bond motifs is 2. The molecule has 3 nitrogen and oxygen atoms in total. The van der Waals surface area contributed by atoms with Crippen LogP contribution in [0.5, 0.6) is 0 Å². The van der Waals surface area contributed by atoms with Crippen LogP contribution < -0.4 is 0 Å². The Morgan fingerprint density at radius 2 is 1.46 bits per heavy atom. The fraction of sp³-hybridized carbons (Fsp3) is 0.286. The van der Waals surface area contributed by atoms with Gasteiger partial charge >= 0.3 is 5.97 Å². The van der Waals surface area contributed by atoms with E-state index in [0.717, 1.165) is 16.3 Å². The van der Waals surface area contributed by atoms with Crippen LogP contribution in [0.3, 0.4) is 0 Å². The van der Waals surface area contributed by atoms with Crippen molar-refractivity contribution in [2.75, 3.05) is 6.61 Å². The lowest BCUT2D eigenvalue weighted by atomic mass is 9.97. The predicted octanol–water partition coefficient (Wildman–Crippen LogP) is 4.85. The van der Waals surface area contributed by atoms with Gasteiger partial charge in [-0.2, -0.15) is 0 Å². The molecule has 0 aliphatic rings. The van der Waals surface area contributed by atoms with Crippen LogP contribution >= 0.6 is 0 Å². The third kappa shape index (κ3) is 3.74. The number of hydrogen-bond donors (Lipinski definition) is 0. The fourth-order valence-corrected chi connectivity index (χ4v) is 2.87. The van der Waals surface area contributed by atoms with E-state index in [1.807, 2.05) is 45.0 Å². The van der Waals surface area contributed by atoms with E-state index in [1.165, 1.54) is 10.8 Å². The highest BCUT2D eigenvalue weighted by molar-refractivity contribution is 6.02. The quantitative estimate of drug-likeness (QED) is 0.509. The van der Waals surface area contributed by atoms with Gasteiger partial charge in [-0.05, 0) is 53.9 Å². The zero-order valence-electron chi connectivity index (χ0n) is 14.3. The van der Waals surface area contributed by atoms with E-state index in [1.54, 1.807) is 0 Å². The predicted molar refractivity (Wildman–Crippen MR) is 97.0 cm³/mol. The molecule has 0 atom stereocenters. The van der Waals surface area contributed by atoms with Gasteiger partial charge in [-0.15, -0.1) is 0 Å². The fourth-order valence-electron chi connectivity index (χ4n) is 2.87. The monoisotopic (exact) mass is 322 g/mol. The van der Waals surface area contributed by atoms with E-state index in [4.69, 9.17) is 9.47 Å². The van der Waals surface area contributed by atoms with Crippen molar-refractivity contribution in [2.24, 2.45) is 0 Å². The second-order valence-electron chi connectivity index (χ2n) is 6.88. The lowest BCUT2D eigenvalue weighted by molar-refractivity contribution is -0.160. The molecular formula is C21H22O3. The summed E-state index contributed by atoms with van der Waals surface area (Å²) in [4.78, 5) is 11.8. The molecule has 0 aliphatic heterocycles. The number of esters is 1. The Bertz CT molecular complexity index is 821. The molecule has 0 N–H and O–H groups in total. The Morgan fingerprint density at radius 1 is 0.917 bits per heavy atom. The van der Waals surface area contributed by atoms with Gasteiger partial charge < -0.3 is 9.47 Å². The Balaban J connectivity index is 1.86. The van der Waals surface area contributed by atoms with Crippen LogP contribution in [0.25, 0.3) is 21.5 Å². The molecule has 0 amide bonds. The van der Waals surface area contributed by atoms with Crippen molar-refractivity contribution < 1.29 is 14.3 Å². The number of ether oxygens (including phenoxy) is 2. The number of rotatable bonds is 4. The molecule has 0 heterocycles. The number of carbonyl (C=O) groups is 1. The van der Waals surface area contributed by atoms with Crippen molar-refractivity contribution in [1.29, 1.82) is 0 Å². The first-order chi connectivity index (χ1) is 11.4. The molecule has 0 spiro atoms. The molecule has 0 unspecified atom stereocenters. The minimum atomic E-state index is -0.493. The van der Waals surface area contributed by atoms with Crippen LogP contribution in [0, 0.1) is 0 Å². The summed E-state index contributed by atoms with van der Waals surface area (Å²) in [5.41, 5.74) is 0.610. The van der Waals surface area contributed by atoms with Crippen molar-refractivity contribution in [3.8, 4) is 0 Å². The Hall–Kier alpha value is -2.39. The second-order valence-corrected chi connectivity index (χ2v) is 6.88. The van der Waals surface area contributed by atoms with E-state index in [0.29, 0.717) is 6.61 Å². The summed E-state index contributed by atoms with van der Waals surface area (Å²) in [6.45, 7) is 5.88. The van der Waals surface area contributed by atoms with E-state index in [-0.39, 0.29) is 12.6 Å². The van der Waals surface area contributed by atoms with Crippen molar-refractivity contribution >= 4 is 27.5 Å². The lowest BCUT2D eigenvalue weighted by Crippen LogP contribution is -2.26. The number of hydrogen-bond acceptors (Lipinski definition) is 3. The van der Waals surface area contributed by atoms with Crippen LogP contribution in [0.2, 0.25) is 0 Å². The smallest absolute Gasteiger partial charge is 0.332 e. The summed E-state index contributed by atoms with van der Waals surface area (Å²) in [6.07, 6.45) is 0. The lowest BCUT2D eigenvalue weighted by Gasteiger charge is -2.19. The Kier molecular flexibility index (Phi) is 4.54. The van der Waals surface area contributed by atoms with Crippen LogP contribution in [0.1, 0.15) is 26.3 Å². The molecule has 0 saturated heterocycles. The third-order valence-electron chi connectivity index (χ3n) is 3.77. The topological polar surface area (TPSA) is 35.5 Å². The van der Waals surface area contributed by atoms with Gasteiger partial charge in [-0.1, -0.05) is 48.5 Å². The van der Waals surface area contributed by atoms with E-state index in [9.17, 15) is 4.79 Å². The summed E-state index contributed by atoms with van der Waals surface area (Å²) >= 11 is 0. The average Bonchev–Trinajstić information content (AvgIpc) is 2.52. The van der Waals surface area contributed by atoms with Gasteiger partial charge in [0.15, 0.2) is 0 Å². The van der Waals surface area contributed by atoms with Gasteiger partial charge in [-0.3, -0.25) is 0 Å².